The molecule has 1 aliphatic heterocycles. The van der Waals surface area contributed by atoms with Crippen LogP contribution in [0.1, 0.15) is 46.0 Å². The zero-order valence-corrected chi connectivity index (χ0v) is 13.2. The zero-order valence-electron chi connectivity index (χ0n) is 13.2. The van der Waals surface area contributed by atoms with Crippen LogP contribution in [0.15, 0.2) is 0 Å². The quantitative estimate of drug-likeness (QED) is 0.834. The molecule has 4 heteroatoms. The fourth-order valence-corrected chi connectivity index (χ4v) is 3.74. The predicted molar refractivity (Wildman–Crippen MR) is 82.4 cm³/mol. The molecule has 1 saturated carbocycles. The molecule has 3 unspecified atom stereocenters. The van der Waals surface area contributed by atoms with Crippen LogP contribution in [0.25, 0.3) is 0 Å². The molecule has 3 atom stereocenters. The summed E-state index contributed by atoms with van der Waals surface area (Å²) in [7, 11) is 0. The van der Waals surface area contributed by atoms with Crippen molar-refractivity contribution in [1.82, 2.24) is 9.80 Å². The molecular formula is C16H31N3O. The molecule has 20 heavy (non-hydrogen) atoms. The van der Waals surface area contributed by atoms with E-state index in [9.17, 15) is 4.79 Å². The molecule has 0 radical (unpaired) electrons. The Morgan fingerprint density at radius 3 is 2.65 bits per heavy atom. The third-order valence-electron chi connectivity index (χ3n) is 5.07. The van der Waals surface area contributed by atoms with Crippen molar-refractivity contribution in [2.24, 2.45) is 17.6 Å². The normalized spacial score (nSPS) is 31.0. The summed E-state index contributed by atoms with van der Waals surface area (Å²) in [5.41, 5.74) is 6.01. The molecule has 1 saturated heterocycles. The third kappa shape index (κ3) is 3.95. The molecule has 1 heterocycles. The van der Waals surface area contributed by atoms with E-state index in [4.69, 9.17) is 5.73 Å². The Kier molecular flexibility index (Phi) is 5.85. The van der Waals surface area contributed by atoms with E-state index in [0.717, 1.165) is 58.4 Å². The minimum Gasteiger partial charge on any atom is -0.342 e. The number of hydrogen-bond donors (Lipinski definition) is 1. The maximum atomic E-state index is 12.6. The van der Waals surface area contributed by atoms with E-state index in [1.165, 1.54) is 6.42 Å². The number of rotatable bonds is 5. The Bertz CT molecular complexity index is 317. The number of nitrogens with zero attached hydrogens (tertiary/aromatic N) is 2. The maximum Gasteiger partial charge on any atom is 0.225 e. The van der Waals surface area contributed by atoms with E-state index >= 15 is 0 Å². The van der Waals surface area contributed by atoms with E-state index in [2.05, 4.69) is 23.6 Å². The van der Waals surface area contributed by atoms with Crippen LogP contribution in [-0.4, -0.2) is 54.5 Å². The van der Waals surface area contributed by atoms with Gasteiger partial charge in [-0.15, -0.1) is 0 Å². The molecule has 2 rings (SSSR count). The number of likely N-dealkylation sites (tertiary alicyclic amines) is 1. The Morgan fingerprint density at radius 1 is 1.25 bits per heavy atom. The lowest BCUT2D eigenvalue weighted by Gasteiger charge is -2.29. The van der Waals surface area contributed by atoms with Crippen molar-refractivity contribution in [2.45, 2.75) is 52.0 Å². The highest BCUT2D eigenvalue weighted by Gasteiger charge is 2.33. The van der Waals surface area contributed by atoms with Gasteiger partial charge < -0.3 is 15.5 Å². The lowest BCUT2D eigenvalue weighted by atomic mass is 9.85. The summed E-state index contributed by atoms with van der Waals surface area (Å²) in [4.78, 5) is 17.1. The van der Waals surface area contributed by atoms with Crippen molar-refractivity contribution in [1.29, 1.82) is 0 Å². The fourth-order valence-electron chi connectivity index (χ4n) is 3.74. The first kappa shape index (κ1) is 15.8. The highest BCUT2D eigenvalue weighted by Crippen LogP contribution is 2.27. The first-order valence-corrected chi connectivity index (χ1v) is 8.40. The second-order valence-corrected chi connectivity index (χ2v) is 6.55. The third-order valence-corrected chi connectivity index (χ3v) is 5.07. The highest BCUT2D eigenvalue weighted by atomic mass is 16.2. The molecule has 1 aliphatic carbocycles. The highest BCUT2D eigenvalue weighted by molar-refractivity contribution is 5.79. The van der Waals surface area contributed by atoms with Gasteiger partial charge in [0.1, 0.15) is 0 Å². The summed E-state index contributed by atoms with van der Waals surface area (Å²) in [5, 5.41) is 0. The summed E-state index contributed by atoms with van der Waals surface area (Å²) in [6.45, 7) is 9.70. The smallest absolute Gasteiger partial charge is 0.225 e. The molecule has 116 valence electrons. The molecule has 2 N–H and O–H groups in total. The summed E-state index contributed by atoms with van der Waals surface area (Å²) < 4.78 is 0. The molecule has 4 nitrogen and oxygen atoms in total. The van der Waals surface area contributed by atoms with Gasteiger partial charge in [-0.1, -0.05) is 20.3 Å². The van der Waals surface area contributed by atoms with Gasteiger partial charge in [0.05, 0.1) is 0 Å². The van der Waals surface area contributed by atoms with E-state index in [-0.39, 0.29) is 12.0 Å². The lowest BCUT2D eigenvalue weighted by molar-refractivity contribution is -0.135. The Hall–Kier alpha value is -0.610. The average molecular weight is 281 g/mol. The minimum atomic E-state index is 0.200. The predicted octanol–water partition coefficient (Wildman–Crippen LogP) is 1.69. The Morgan fingerprint density at radius 2 is 2.00 bits per heavy atom. The van der Waals surface area contributed by atoms with Crippen LogP contribution in [0.2, 0.25) is 0 Å². The van der Waals surface area contributed by atoms with Crippen LogP contribution in [-0.2, 0) is 4.79 Å². The molecule has 0 aromatic carbocycles. The summed E-state index contributed by atoms with van der Waals surface area (Å²) in [5.74, 6) is 1.24. The second-order valence-electron chi connectivity index (χ2n) is 6.55. The number of carbonyl (C=O) groups excluding carboxylic acids is 1. The van der Waals surface area contributed by atoms with Gasteiger partial charge in [0.15, 0.2) is 0 Å². The van der Waals surface area contributed by atoms with Crippen molar-refractivity contribution in [3.8, 4) is 0 Å². The SMILES string of the molecule is CCN(CC)CC1CCN(C(=O)C2CCCC(N)C2)C1. The largest absolute Gasteiger partial charge is 0.342 e. The summed E-state index contributed by atoms with van der Waals surface area (Å²) in [6.07, 6.45) is 5.32. The van der Waals surface area contributed by atoms with Crippen LogP contribution in [0.5, 0.6) is 0 Å². The molecule has 2 fully saturated rings. The summed E-state index contributed by atoms with van der Waals surface area (Å²) >= 11 is 0. The monoisotopic (exact) mass is 281 g/mol. The lowest BCUT2D eigenvalue weighted by Crippen LogP contribution is -2.40. The first-order valence-electron chi connectivity index (χ1n) is 8.40. The number of amides is 1. The molecule has 1 amide bonds. The van der Waals surface area contributed by atoms with Crippen LogP contribution in [0, 0.1) is 11.8 Å². The second kappa shape index (κ2) is 7.41. The number of carbonyl (C=O) groups is 1. The van der Waals surface area contributed by atoms with Gasteiger partial charge in [0.25, 0.3) is 0 Å². The van der Waals surface area contributed by atoms with Gasteiger partial charge in [0.2, 0.25) is 5.91 Å². The van der Waals surface area contributed by atoms with Crippen LogP contribution in [0.4, 0.5) is 0 Å². The molecule has 0 aromatic heterocycles. The van der Waals surface area contributed by atoms with Gasteiger partial charge in [-0.05, 0) is 44.7 Å². The fraction of sp³-hybridized carbons (Fsp3) is 0.938. The molecule has 2 aliphatic rings. The van der Waals surface area contributed by atoms with Gasteiger partial charge in [-0.3, -0.25) is 4.79 Å². The van der Waals surface area contributed by atoms with Crippen molar-refractivity contribution in [3.63, 3.8) is 0 Å². The van der Waals surface area contributed by atoms with Gasteiger partial charge in [-0.25, -0.2) is 0 Å². The molecule has 0 aromatic rings. The zero-order chi connectivity index (χ0) is 14.5. The minimum absolute atomic E-state index is 0.200. The van der Waals surface area contributed by atoms with Crippen LogP contribution < -0.4 is 5.73 Å². The summed E-state index contributed by atoms with van der Waals surface area (Å²) in [6, 6.07) is 0.242. The number of nitrogens with two attached hydrogens (primary N) is 1. The van der Waals surface area contributed by atoms with Gasteiger partial charge >= 0.3 is 0 Å². The Balaban J connectivity index is 1.81. The van der Waals surface area contributed by atoms with Crippen LogP contribution >= 0.6 is 0 Å². The van der Waals surface area contributed by atoms with Crippen molar-refractivity contribution < 1.29 is 4.79 Å². The van der Waals surface area contributed by atoms with E-state index in [1.807, 2.05) is 0 Å². The van der Waals surface area contributed by atoms with E-state index < -0.39 is 0 Å². The topological polar surface area (TPSA) is 49.6 Å². The van der Waals surface area contributed by atoms with Crippen LogP contribution in [0.3, 0.4) is 0 Å². The number of hydrogen-bond acceptors (Lipinski definition) is 3. The average Bonchev–Trinajstić information content (AvgIpc) is 2.92. The van der Waals surface area contributed by atoms with E-state index in [1.54, 1.807) is 0 Å². The van der Waals surface area contributed by atoms with Crippen molar-refractivity contribution in [2.75, 3.05) is 32.7 Å². The Labute approximate surface area is 123 Å². The molecular weight excluding hydrogens is 250 g/mol. The molecule has 0 bridgehead atoms. The molecule has 0 spiro atoms. The standard InChI is InChI=1S/C16H31N3O/c1-3-18(4-2)11-13-8-9-19(12-13)16(20)14-6-5-7-15(17)10-14/h13-15H,3-12,17H2,1-2H3. The first-order chi connectivity index (χ1) is 9.63. The van der Waals surface area contributed by atoms with Crippen molar-refractivity contribution in [3.05, 3.63) is 0 Å². The maximum absolute atomic E-state index is 12.6. The van der Waals surface area contributed by atoms with E-state index in [0.29, 0.717) is 11.8 Å². The van der Waals surface area contributed by atoms with Crippen molar-refractivity contribution >= 4 is 5.91 Å². The van der Waals surface area contributed by atoms with Gasteiger partial charge in [0, 0.05) is 31.6 Å². The van der Waals surface area contributed by atoms with Gasteiger partial charge in [-0.2, -0.15) is 0 Å².